The van der Waals surface area contributed by atoms with Crippen LogP contribution >= 0.6 is 0 Å². The minimum atomic E-state index is -4.59. The summed E-state index contributed by atoms with van der Waals surface area (Å²) < 4.78 is 80.0. The van der Waals surface area contributed by atoms with Crippen molar-refractivity contribution in [2.24, 2.45) is 10.2 Å². The van der Waals surface area contributed by atoms with Crippen LogP contribution in [0.25, 0.3) is 22.3 Å². The van der Waals surface area contributed by atoms with Crippen molar-refractivity contribution < 1.29 is 26.3 Å². The molecule has 0 radical (unpaired) electrons. The highest BCUT2D eigenvalue weighted by atomic mass is 19.4. The molecule has 0 amide bonds. The van der Waals surface area contributed by atoms with Gasteiger partial charge in [0, 0.05) is 12.6 Å². The van der Waals surface area contributed by atoms with Crippen molar-refractivity contribution in [2.75, 3.05) is 7.05 Å². The average Bonchev–Trinajstić information content (AvgIpc) is 3.69. The van der Waals surface area contributed by atoms with Gasteiger partial charge in [0.2, 0.25) is 5.66 Å². The van der Waals surface area contributed by atoms with Gasteiger partial charge in [-0.1, -0.05) is 66.7 Å². The van der Waals surface area contributed by atoms with Crippen LogP contribution in [0.5, 0.6) is 0 Å². The molecule has 4 nitrogen and oxygen atoms in total. The highest BCUT2D eigenvalue weighted by Gasteiger charge is 2.69. The summed E-state index contributed by atoms with van der Waals surface area (Å²) in [4.78, 5) is 0. The highest BCUT2D eigenvalue weighted by molar-refractivity contribution is 5.73. The first-order valence-corrected chi connectivity index (χ1v) is 9.89. The molecular formula is C23H16F6N4. The van der Waals surface area contributed by atoms with Gasteiger partial charge in [-0.2, -0.15) is 26.3 Å². The zero-order valence-electron chi connectivity index (χ0n) is 17.0. The number of hydrazine groups is 1. The molecule has 33 heavy (non-hydrogen) atoms. The van der Waals surface area contributed by atoms with Crippen LogP contribution in [-0.2, 0) is 11.3 Å². The molecule has 0 aliphatic carbocycles. The van der Waals surface area contributed by atoms with E-state index < -0.39 is 23.7 Å². The number of hydrogen-bond acceptors (Lipinski definition) is 4. The number of nitrogens with one attached hydrogen (secondary N) is 1. The molecule has 3 aromatic rings. The van der Waals surface area contributed by atoms with E-state index in [9.17, 15) is 26.3 Å². The maximum Gasteiger partial charge on any atom is 0.442 e. The third kappa shape index (κ3) is 3.32. The third-order valence-corrected chi connectivity index (χ3v) is 6.01. The number of hydrogen-bond donors (Lipinski definition) is 1. The maximum atomic E-state index is 13.5. The lowest BCUT2D eigenvalue weighted by molar-refractivity contribution is -0.174. The smallest absolute Gasteiger partial charge is 0.220 e. The van der Waals surface area contributed by atoms with Crippen molar-refractivity contribution >= 4 is 0 Å². The Morgan fingerprint density at radius 1 is 0.667 bits per heavy atom. The van der Waals surface area contributed by atoms with Gasteiger partial charge in [-0.15, -0.1) is 10.2 Å². The zero-order chi connectivity index (χ0) is 23.6. The van der Waals surface area contributed by atoms with E-state index in [-0.39, 0.29) is 11.1 Å². The Kier molecular flexibility index (Phi) is 4.50. The fourth-order valence-corrected chi connectivity index (χ4v) is 4.01. The standard InChI is InChI=1S/C23H16F6N4/c1-33-21(32-33,23(27,28)29)19-11-7-15(8-12-19)17-4-2-3-16(13-17)14-5-9-18(10-6-14)20(30-31-20)22(24,25)26/h2-13,32H,1H3. The van der Waals surface area contributed by atoms with Crippen molar-refractivity contribution in [3.8, 4) is 22.3 Å². The van der Waals surface area contributed by atoms with Crippen LogP contribution in [0.4, 0.5) is 26.3 Å². The van der Waals surface area contributed by atoms with E-state index >= 15 is 0 Å². The molecule has 0 bridgehead atoms. The predicted octanol–water partition coefficient (Wildman–Crippen LogP) is 6.37. The van der Waals surface area contributed by atoms with E-state index in [0.29, 0.717) is 11.1 Å². The topological polar surface area (TPSA) is 49.7 Å². The number of nitrogens with zero attached hydrogens (tertiary/aromatic N) is 3. The second-order valence-corrected chi connectivity index (χ2v) is 7.98. The minimum absolute atomic E-state index is 0.0530. The van der Waals surface area contributed by atoms with E-state index in [1.165, 1.54) is 31.3 Å². The van der Waals surface area contributed by atoms with E-state index in [1.54, 1.807) is 36.4 Å². The summed E-state index contributed by atoms with van der Waals surface area (Å²) in [5.74, 6) is 0. The van der Waals surface area contributed by atoms with Gasteiger partial charge in [0.1, 0.15) is 0 Å². The third-order valence-electron chi connectivity index (χ3n) is 6.01. The molecule has 2 heterocycles. The lowest BCUT2D eigenvalue weighted by atomic mass is 9.95. The fraction of sp³-hybridized carbons (Fsp3) is 0.217. The van der Waals surface area contributed by atoms with E-state index in [4.69, 9.17) is 0 Å². The lowest BCUT2D eigenvalue weighted by Gasteiger charge is -2.18. The molecule has 3 aromatic carbocycles. The summed E-state index contributed by atoms with van der Waals surface area (Å²) in [7, 11) is 1.33. The van der Waals surface area contributed by atoms with E-state index in [0.717, 1.165) is 16.1 Å². The Bertz CT molecular complexity index is 1230. The van der Waals surface area contributed by atoms with Gasteiger partial charge in [-0.05, 0) is 33.9 Å². The average molecular weight is 462 g/mol. The first-order chi connectivity index (χ1) is 15.5. The van der Waals surface area contributed by atoms with E-state index in [1.807, 2.05) is 12.1 Å². The molecule has 5 rings (SSSR count). The summed E-state index contributed by atoms with van der Waals surface area (Å²) in [5, 5.41) is 7.42. The second kappa shape index (κ2) is 6.88. The maximum absolute atomic E-state index is 13.5. The van der Waals surface area contributed by atoms with Crippen molar-refractivity contribution in [1.82, 2.24) is 10.4 Å². The van der Waals surface area contributed by atoms with Crippen LogP contribution in [0.1, 0.15) is 11.1 Å². The summed E-state index contributed by atoms with van der Waals surface area (Å²) in [6.45, 7) is 0. The van der Waals surface area contributed by atoms with Crippen LogP contribution in [0.15, 0.2) is 83.0 Å². The van der Waals surface area contributed by atoms with E-state index in [2.05, 4.69) is 15.7 Å². The molecule has 0 saturated carbocycles. The van der Waals surface area contributed by atoms with Gasteiger partial charge >= 0.3 is 18.0 Å². The van der Waals surface area contributed by atoms with Gasteiger partial charge in [-0.25, -0.2) is 10.4 Å². The van der Waals surface area contributed by atoms with Gasteiger partial charge in [-0.3, -0.25) is 0 Å². The molecule has 2 aliphatic heterocycles. The fourth-order valence-electron chi connectivity index (χ4n) is 4.01. The predicted molar refractivity (Wildman–Crippen MR) is 109 cm³/mol. The largest absolute Gasteiger partial charge is 0.442 e. The molecule has 2 unspecified atom stereocenters. The summed E-state index contributed by atoms with van der Waals surface area (Å²) in [6, 6.07) is 19.1. The summed E-state index contributed by atoms with van der Waals surface area (Å²) in [5.41, 5.74) is 0.655. The molecular weight excluding hydrogens is 446 g/mol. The lowest BCUT2D eigenvalue weighted by Crippen LogP contribution is -2.35. The molecule has 0 spiro atoms. The molecule has 10 heteroatoms. The first-order valence-electron chi connectivity index (χ1n) is 9.89. The minimum Gasteiger partial charge on any atom is -0.220 e. The van der Waals surface area contributed by atoms with Crippen LogP contribution in [-0.4, -0.2) is 24.4 Å². The number of rotatable bonds is 4. The summed E-state index contributed by atoms with van der Waals surface area (Å²) in [6.07, 6.45) is -9.06. The normalized spacial score (nSPS) is 23.4. The molecule has 2 aliphatic rings. The molecule has 0 aromatic heterocycles. The summed E-state index contributed by atoms with van der Waals surface area (Å²) >= 11 is 0. The SMILES string of the molecule is CN1NC1(c1ccc(-c2cccc(-c3ccc(C4(C(F)(F)F)N=N4)cc3)c2)cc1)C(F)(F)F. The molecule has 170 valence electrons. The number of halogens is 6. The van der Waals surface area contributed by atoms with Gasteiger partial charge < -0.3 is 0 Å². The van der Waals surface area contributed by atoms with Crippen LogP contribution < -0.4 is 5.43 Å². The molecule has 1 fully saturated rings. The van der Waals surface area contributed by atoms with Gasteiger partial charge in [0.05, 0.1) is 0 Å². The zero-order valence-corrected chi connectivity index (χ0v) is 17.0. The van der Waals surface area contributed by atoms with Crippen LogP contribution in [0, 0.1) is 0 Å². The monoisotopic (exact) mass is 462 g/mol. The Labute approximate surface area is 184 Å². The van der Waals surface area contributed by atoms with Crippen molar-refractivity contribution in [3.63, 3.8) is 0 Å². The van der Waals surface area contributed by atoms with Gasteiger partial charge in [0.25, 0.3) is 0 Å². The first kappa shape index (κ1) is 21.6. The van der Waals surface area contributed by atoms with Crippen molar-refractivity contribution in [3.05, 3.63) is 83.9 Å². The Morgan fingerprint density at radius 2 is 1.12 bits per heavy atom. The quantitative estimate of drug-likeness (QED) is 0.362. The number of benzene rings is 3. The Hall–Kier alpha value is -3.24. The van der Waals surface area contributed by atoms with Crippen LogP contribution in [0.2, 0.25) is 0 Å². The number of alkyl halides is 6. The van der Waals surface area contributed by atoms with Gasteiger partial charge in [0.15, 0.2) is 0 Å². The highest BCUT2D eigenvalue weighted by Crippen LogP contribution is 2.52. The molecule has 2 atom stereocenters. The Balaban J connectivity index is 1.40. The van der Waals surface area contributed by atoms with Crippen molar-refractivity contribution in [2.45, 2.75) is 23.7 Å². The van der Waals surface area contributed by atoms with Crippen molar-refractivity contribution in [1.29, 1.82) is 0 Å². The molecule has 1 saturated heterocycles. The molecule has 1 N–H and O–H groups in total. The Morgan fingerprint density at radius 3 is 1.48 bits per heavy atom. The second-order valence-electron chi connectivity index (χ2n) is 7.98. The van der Waals surface area contributed by atoms with Crippen LogP contribution in [0.3, 0.4) is 0 Å².